The fraction of sp³-hybridized carbons (Fsp3) is 0. The molecule has 0 fully saturated rings. The first-order valence-electron chi connectivity index (χ1n) is 4.95. The number of nitrogens with zero attached hydrogens (tertiary/aromatic N) is 3. The summed E-state index contributed by atoms with van der Waals surface area (Å²) in [6.07, 6.45) is 0. The van der Waals surface area contributed by atoms with Gasteiger partial charge in [-0.1, -0.05) is 18.2 Å². The van der Waals surface area contributed by atoms with Gasteiger partial charge in [0.05, 0.1) is 11.4 Å². The molecule has 0 aliphatic heterocycles. The molecule has 0 aliphatic carbocycles. The Bertz CT molecular complexity index is 515. The minimum absolute atomic E-state index is 0. The third kappa shape index (κ3) is 4.37. The molecular weight excluding hydrogens is 241 g/mol. The van der Waals surface area contributed by atoms with Crippen molar-refractivity contribution in [2.75, 3.05) is 0 Å². The van der Waals surface area contributed by atoms with E-state index in [1.165, 1.54) is 0 Å². The molecule has 0 saturated heterocycles. The summed E-state index contributed by atoms with van der Waals surface area (Å²) >= 11 is 0. The maximum atomic E-state index is 9.86. The quantitative estimate of drug-likeness (QED) is 0.361. The van der Waals surface area contributed by atoms with Crippen LogP contribution in [-0.4, -0.2) is 29.6 Å². The monoisotopic (exact) mass is 251 g/mol. The third-order valence-electron chi connectivity index (χ3n) is 2.02. The number of azo groups is 1. The predicted octanol–water partition coefficient (Wildman–Crippen LogP) is 3.51. The molecule has 0 aromatic heterocycles. The molecule has 0 bridgehead atoms. The summed E-state index contributed by atoms with van der Waals surface area (Å²) in [4.78, 5) is 14.3. The molecule has 0 heterocycles. The molecule has 2 aromatic rings. The fourth-order valence-corrected chi connectivity index (χ4v) is 1.23. The second-order valence-corrected chi connectivity index (χ2v) is 3.20. The minimum atomic E-state index is 0. The van der Waals surface area contributed by atoms with Gasteiger partial charge in [-0.2, -0.15) is 10.2 Å². The van der Waals surface area contributed by atoms with Crippen LogP contribution in [0.2, 0.25) is 0 Å². The van der Waals surface area contributed by atoms with Crippen LogP contribution < -0.4 is 4.84 Å². The van der Waals surface area contributed by atoms with Gasteiger partial charge in [-0.25, -0.2) is 0 Å². The molecule has 6 heteroatoms. The zero-order valence-corrected chi connectivity index (χ0v) is 8.85. The summed E-state index contributed by atoms with van der Waals surface area (Å²) in [5.41, 5.74) is 1.45. The van der Waals surface area contributed by atoms with Crippen molar-refractivity contribution in [3.63, 3.8) is 0 Å². The summed E-state index contributed by atoms with van der Waals surface area (Å²) in [5.74, 6) is 0.374. The van der Waals surface area contributed by atoms with Crippen molar-refractivity contribution in [2.24, 2.45) is 15.6 Å². The standard InChI is InChI=1S/C12H9N3O2.Na.H/c16-15-17-12-8-6-11(7-9-12)14-13-10-4-2-1-3-5-10;;/h1-9H;;/b14-13+;;. The van der Waals surface area contributed by atoms with Crippen LogP contribution in [0, 0.1) is 4.91 Å². The molecule has 0 aliphatic rings. The number of benzene rings is 2. The Morgan fingerprint density at radius 3 is 1.89 bits per heavy atom. The number of hydrogen-bond acceptors (Lipinski definition) is 5. The number of hydrogen-bond donors (Lipinski definition) is 0. The summed E-state index contributed by atoms with van der Waals surface area (Å²) in [5, 5.41) is 10.4. The first kappa shape index (κ1) is 14.5. The van der Waals surface area contributed by atoms with Gasteiger partial charge in [-0.05, 0) is 36.4 Å². The Hall–Kier alpha value is -1.56. The second kappa shape index (κ2) is 7.71. The van der Waals surface area contributed by atoms with E-state index in [-0.39, 0.29) is 29.6 Å². The van der Waals surface area contributed by atoms with Crippen LogP contribution >= 0.6 is 0 Å². The van der Waals surface area contributed by atoms with Crippen LogP contribution in [0.15, 0.2) is 70.2 Å². The van der Waals surface area contributed by atoms with Crippen LogP contribution in [0.1, 0.15) is 0 Å². The molecule has 5 nitrogen and oxygen atoms in total. The van der Waals surface area contributed by atoms with Gasteiger partial charge in [-0.15, -0.1) is 4.91 Å². The van der Waals surface area contributed by atoms with E-state index in [1.807, 2.05) is 30.3 Å². The molecule has 0 N–H and O–H groups in total. The van der Waals surface area contributed by atoms with Crippen LogP contribution in [-0.2, 0) is 0 Å². The van der Waals surface area contributed by atoms with Crippen molar-refractivity contribution in [3.8, 4) is 5.75 Å². The Kier molecular flexibility index (Phi) is 6.21. The van der Waals surface area contributed by atoms with Crippen molar-refractivity contribution in [1.29, 1.82) is 0 Å². The SMILES string of the molecule is O=NOc1ccc(/N=N/c2ccccc2)cc1.[NaH]. The van der Waals surface area contributed by atoms with Crippen LogP contribution in [0.3, 0.4) is 0 Å². The van der Waals surface area contributed by atoms with Gasteiger partial charge in [0.25, 0.3) is 0 Å². The molecule has 0 atom stereocenters. The Balaban J connectivity index is 0.00000162. The molecule has 0 radical (unpaired) electrons. The van der Waals surface area contributed by atoms with Crippen LogP contribution in [0.25, 0.3) is 0 Å². The molecule has 18 heavy (non-hydrogen) atoms. The first-order chi connectivity index (χ1) is 8.38. The molecular formula is C12H10N3NaO2. The summed E-state index contributed by atoms with van der Waals surface area (Å²) in [6.45, 7) is 0. The van der Waals surface area contributed by atoms with Crippen molar-refractivity contribution < 1.29 is 4.84 Å². The van der Waals surface area contributed by atoms with Gasteiger partial charge in [0.2, 0.25) is 0 Å². The first-order valence-corrected chi connectivity index (χ1v) is 4.95. The van der Waals surface area contributed by atoms with Crippen molar-refractivity contribution >= 4 is 40.9 Å². The average molecular weight is 251 g/mol. The summed E-state index contributed by atoms with van der Waals surface area (Å²) in [7, 11) is 0. The molecule has 2 aromatic carbocycles. The van der Waals surface area contributed by atoms with Gasteiger partial charge in [0.1, 0.15) is 0 Å². The van der Waals surface area contributed by atoms with Crippen molar-refractivity contribution in [1.82, 2.24) is 0 Å². The molecule has 2 rings (SSSR count). The van der Waals surface area contributed by atoms with E-state index in [1.54, 1.807) is 24.3 Å². The Labute approximate surface area is 126 Å². The molecule has 86 valence electrons. The van der Waals surface area contributed by atoms with Gasteiger partial charge < -0.3 is 4.84 Å². The van der Waals surface area contributed by atoms with Gasteiger partial charge in [-0.3, -0.25) is 0 Å². The third-order valence-corrected chi connectivity index (χ3v) is 2.02. The molecule has 0 amide bonds. The topological polar surface area (TPSA) is 63.4 Å². The number of rotatable bonds is 4. The van der Waals surface area contributed by atoms with E-state index in [0.717, 1.165) is 5.69 Å². The Morgan fingerprint density at radius 1 is 0.778 bits per heavy atom. The van der Waals surface area contributed by atoms with Crippen LogP contribution in [0.4, 0.5) is 11.4 Å². The van der Waals surface area contributed by atoms with Crippen LogP contribution in [0.5, 0.6) is 5.75 Å². The fourth-order valence-electron chi connectivity index (χ4n) is 1.23. The zero-order chi connectivity index (χ0) is 11.9. The zero-order valence-electron chi connectivity index (χ0n) is 8.85. The normalized spacial score (nSPS) is 9.78. The Morgan fingerprint density at radius 2 is 1.33 bits per heavy atom. The van der Waals surface area contributed by atoms with Gasteiger partial charge in [0.15, 0.2) is 11.1 Å². The van der Waals surface area contributed by atoms with E-state index >= 15 is 0 Å². The van der Waals surface area contributed by atoms with Gasteiger partial charge in [0, 0.05) is 0 Å². The average Bonchev–Trinajstić information content (AvgIpc) is 2.40. The molecule has 0 unspecified atom stereocenters. The van der Waals surface area contributed by atoms with Gasteiger partial charge >= 0.3 is 29.6 Å². The predicted molar refractivity (Wildman–Crippen MR) is 70.6 cm³/mol. The van der Waals surface area contributed by atoms with E-state index in [0.29, 0.717) is 11.4 Å². The molecule has 0 saturated carbocycles. The van der Waals surface area contributed by atoms with E-state index in [4.69, 9.17) is 0 Å². The van der Waals surface area contributed by atoms with E-state index in [2.05, 4.69) is 20.4 Å². The van der Waals surface area contributed by atoms with Crippen molar-refractivity contribution in [2.45, 2.75) is 0 Å². The maximum absolute atomic E-state index is 9.86. The molecule has 0 spiro atoms. The van der Waals surface area contributed by atoms with E-state index < -0.39 is 0 Å². The summed E-state index contributed by atoms with van der Waals surface area (Å²) in [6, 6.07) is 16.0. The second-order valence-electron chi connectivity index (χ2n) is 3.20. The van der Waals surface area contributed by atoms with Crippen molar-refractivity contribution in [3.05, 3.63) is 59.5 Å². The van der Waals surface area contributed by atoms with E-state index in [9.17, 15) is 4.91 Å². The summed E-state index contributed by atoms with van der Waals surface area (Å²) < 4.78 is 0.